The summed E-state index contributed by atoms with van der Waals surface area (Å²) in [4.78, 5) is 33.9. The van der Waals surface area contributed by atoms with Crippen molar-refractivity contribution in [3.05, 3.63) is 0 Å². The van der Waals surface area contributed by atoms with Gasteiger partial charge in [0.25, 0.3) is 0 Å². The fourth-order valence-electron chi connectivity index (χ4n) is 4.11. The number of hydrogen-bond acceptors (Lipinski definition) is 3. The largest absolute Gasteiger partial charge is 0.481 e. The highest BCUT2D eigenvalue weighted by Gasteiger charge is 2.30. The van der Waals surface area contributed by atoms with Crippen LogP contribution in [-0.2, 0) is 14.4 Å². The number of carbonyl (C=O) groups is 3. The van der Waals surface area contributed by atoms with E-state index in [1.165, 1.54) is 12.8 Å². The molecule has 2 fully saturated rings. The Morgan fingerprint density at radius 1 is 0.654 bits per heavy atom. The fourth-order valence-corrected chi connectivity index (χ4v) is 4.11. The molecular formula is C22H38O4. The molecule has 0 aromatic heterocycles. The molecule has 0 aromatic rings. The second-order valence-electron chi connectivity index (χ2n) is 8.96. The lowest BCUT2D eigenvalue weighted by atomic mass is 9.78. The summed E-state index contributed by atoms with van der Waals surface area (Å²) in [5.74, 6) is 1.54. The van der Waals surface area contributed by atoms with Crippen molar-refractivity contribution < 1.29 is 19.5 Å². The minimum Gasteiger partial charge on any atom is -0.481 e. The van der Waals surface area contributed by atoms with Crippen LogP contribution in [0.15, 0.2) is 0 Å². The molecule has 0 radical (unpaired) electrons. The van der Waals surface area contributed by atoms with Crippen molar-refractivity contribution in [2.45, 2.75) is 86.0 Å². The van der Waals surface area contributed by atoms with Gasteiger partial charge < -0.3 is 5.11 Å². The number of carbonyl (C=O) groups excluding carboxylic acids is 2. The van der Waals surface area contributed by atoms with Gasteiger partial charge in [-0.25, -0.2) is 0 Å². The van der Waals surface area contributed by atoms with Crippen LogP contribution in [0, 0.1) is 35.5 Å². The quantitative estimate of drug-likeness (QED) is 0.731. The molecule has 0 atom stereocenters. The van der Waals surface area contributed by atoms with E-state index in [-0.39, 0.29) is 23.7 Å². The molecular weight excluding hydrogens is 328 g/mol. The Labute approximate surface area is 159 Å². The molecule has 0 amide bonds. The maximum atomic E-state index is 11.6. The van der Waals surface area contributed by atoms with Crippen molar-refractivity contribution in [2.75, 3.05) is 0 Å². The SMILES string of the molecule is CC(C)C(=O)C1CCC(C(=O)O)CC1.CC1CCC(C(=O)C(C)C)CC1. The Balaban J connectivity index is 0.000000263. The first kappa shape index (κ1) is 22.9. The van der Waals surface area contributed by atoms with E-state index in [4.69, 9.17) is 5.11 Å². The lowest BCUT2D eigenvalue weighted by molar-refractivity contribution is -0.144. The first-order valence-corrected chi connectivity index (χ1v) is 10.4. The number of rotatable bonds is 5. The van der Waals surface area contributed by atoms with E-state index in [1.807, 2.05) is 27.7 Å². The van der Waals surface area contributed by atoms with Crippen molar-refractivity contribution in [1.82, 2.24) is 0 Å². The van der Waals surface area contributed by atoms with Crippen LogP contribution in [0.25, 0.3) is 0 Å². The normalized spacial score (nSPS) is 29.0. The van der Waals surface area contributed by atoms with E-state index in [1.54, 1.807) is 0 Å². The molecule has 0 aliphatic heterocycles. The third-order valence-corrected chi connectivity index (χ3v) is 6.04. The molecule has 0 aromatic carbocycles. The molecule has 4 nitrogen and oxygen atoms in total. The molecule has 4 heteroatoms. The van der Waals surface area contributed by atoms with Gasteiger partial charge in [-0.15, -0.1) is 0 Å². The van der Waals surface area contributed by atoms with Crippen LogP contribution in [-0.4, -0.2) is 22.6 Å². The third-order valence-electron chi connectivity index (χ3n) is 6.04. The van der Waals surface area contributed by atoms with Crippen LogP contribution in [0.3, 0.4) is 0 Å². The van der Waals surface area contributed by atoms with Crippen LogP contribution in [0.2, 0.25) is 0 Å². The zero-order chi connectivity index (χ0) is 19.9. The average molecular weight is 367 g/mol. The Hall–Kier alpha value is -1.19. The maximum absolute atomic E-state index is 11.6. The molecule has 1 N–H and O–H groups in total. The molecule has 0 spiro atoms. The van der Waals surface area contributed by atoms with E-state index in [9.17, 15) is 14.4 Å². The highest BCUT2D eigenvalue weighted by atomic mass is 16.4. The van der Waals surface area contributed by atoms with Gasteiger partial charge in [0, 0.05) is 23.7 Å². The summed E-state index contributed by atoms with van der Waals surface area (Å²) in [5, 5.41) is 8.79. The third kappa shape index (κ3) is 7.20. The number of ketones is 2. The minimum atomic E-state index is -0.708. The predicted molar refractivity (Wildman–Crippen MR) is 104 cm³/mol. The Morgan fingerprint density at radius 2 is 0.962 bits per heavy atom. The van der Waals surface area contributed by atoms with E-state index in [0.29, 0.717) is 30.3 Å². The van der Waals surface area contributed by atoms with Crippen LogP contribution >= 0.6 is 0 Å². The van der Waals surface area contributed by atoms with E-state index in [0.717, 1.165) is 31.6 Å². The van der Waals surface area contributed by atoms with Crippen molar-refractivity contribution in [1.29, 1.82) is 0 Å². The highest BCUT2D eigenvalue weighted by molar-refractivity contribution is 5.83. The van der Waals surface area contributed by atoms with Crippen molar-refractivity contribution in [3.8, 4) is 0 Å². The summed E-state index contributed by atoms with van der Waals surface area (Å²) >= 11 is 0. The van der Waals surface area contributed by atoms with Crippen molar-refractivity contribution >= 4 is 17.5 Å². The summed E-state index contributed by atoms with van der Waals surface area (Å²) in [6, 6.07) is 0. The summed E-state index contributed by atoms with van der Waals surface area (Å²) < 4.78 is 0. The van der Waals surface area contributed by atoms with Crippen molar-refractivity contribution in [3.63, 3.8) is 0 Å². The van der Waals surface area contributed by atoms with Gasteiger partial charge in [0.05, 0.1) is 5.92 Å². The molecule has 2 aliphatic rings. The second kappa shape index (κ2) is 10.8. The number of Topliss-reactive ketones (excluding diaryl/α,β-unsaturated/α-hetero) is 2. The lowest BCUT2D eigenvalue weighted by Crippen LogP contribution is -2.28. The van der Waals surface area contributed by atoms with Gasteiger partial charge in [-0.3, -0.25) is 14.4 Å². The Morgan fingerprint density at radius 3 is 1.27 bits per heavy atom. The maximum Gasteiger partial charge on any atom is 0.306 e. The first-order chi connectivity index (χ1) is 12.1. The molecule has 0 saturated heterocycles. The number of hydrogen-bond donors (Lipinski definition) is 1. The molecule has 0 heterocycles. The first-order valence-electron chi connectivity index (χ1n) is 10.4. The highest BCUT2D eigenvalue weighted by Crippen LogP contribution is 2.31. The van der Waals surface area contributed by atoms with Gasteiger partial charge in [-0.2, -0.15) is 0 Å². The molecule has 2 saturated carbocycles. The van der Waals surface area contributed by atoms with E-state index >= 15 is 0 Å². The van der Waals surface area contributed by atoms with E-state index in [2.05, 4.69) is 6.92 Å². The molecule has 2 aliphatic carbocycles. The van der Waals surface area contributed by atoms with Gasteiger partial charge in [-0.1, -0.05) is 47.5 Å². The molecule has 0 bridgehead atoms. The van der Waals surface area contributed by atoms with Gasteiger partial charge in [-0.05, 0) is 44.4 Å². The molecule has 2 rings (SSSR count). The Kier molecular flexibility index (Phi) is 9.52. The summed E-state index contributed by atoms with van der Waals surface area (Å²) in [6.45, 7) is 10.1. The molecule has 150 valence electrons. The van der Waals surface area contributed by atoms with Crippen LogP contribution in [0.4, 0.5) is 0 Å². The summed E-state index contributed by atoms with van der Waals surface area (Å²) in [5.41, 5.74) is 0. The van der Waals surface area contributed by atoms with E-state index < -0.39 is 5.97 Å². The number of carboxylic acid groups (broad SMARTS) is 1. The van der Waals surface area contributed by atoms with Crippen LogP contribution in [0.5, 0.6) is 0 Å². The van der Waals surface area contributed by atoms with Crippen LogP contribution < -0.4 is 0 Å². The smallest absolute Gasteiger partial charge is 0.306 e. The van der Waals surface area contributed by atoms with Crippen LogP contribution in [0.1, 0.15) is 86.0 Å². The van der Waals surface area contributed by atoms with Crippen molar-refractivity contribution in [2.24, 2.45) is 35.5 Å². The molecule has 26 heavy (non-hydrogen) atoms. The average Bonchev–Trinajstić information content (AvgIpc) is 2.61. The topological polar surface area (TPSA) is 71.4 Å². The summed E-state index contributed by atoms with van der Waals surface area (Å²) in [6.07, 6.45) is 7.63. The minimum absolute atomic E-state index is 0.0846. The van der Waals surface area contributed by atoms with Gasteiger partial charge in [0.15, 0.2) is 0 Å². The summed E-state index contributed by atoms with van der Waals surface area (Å²) in [7, 11) is 0. The number of aliphatic carboxylic acids is 1. The van der Waals surface area contributed by atoms with Gasteiger partial charge in [0.1, 0.15) is 11.6 Å². The number of carboxylic acids is 1. The Bertz CT molecular complexity index is 465. The van der Waals surface area contributed by atoms with Gasteiger partial charge in [0.2, 0.25) is 0 Å². The second-order valence-corrected chi connectivity index (χ2v) is 8.96. The standard InChI is InChI=1S/C11H18O3.C11H20O/c1-7(2)10(12)8-3-5-9(6-4-8)11(13)14;1-8(2)11(12)10-6-4-9(3)5-7-10/h7-9H,3-6H2,1-2H3,(H,13,14);8-10H,4-7H2,1-3H3. The monoisotopic (exact) mass is 366 g/mol. The van der Waals surface area contributed by atoms with Gasteiger partial charge >= 0.3 is 5.97 Å². The predicted octanol–water partition coefficient (Wildman–Crippen LogP) is 5.14. The zero-order valence-corrected chi connectivity index (χ0v) is 17.3. The zero-order valence-electron chi connectivity index (χ0n) is 17.3. The lowest BCUT2D eigenvalue weighted by Gasteiger charge is -2.26. The molecule has 0 unspecified atom stereocenters. The fraction of sp³-hybridized carbons (Fsp3) is 0.864.